The van der Waals surface area contributed by atoms with Gasteiger partial charge in [0.15, 0.2) is 5.96 Å². The summed E-state index contributed by atoms with van der Waals surface area (Å²) in [4.78, 5) is 9.39. The number of benzene rings is 1. The fourth-order valence-corrected chi connectivity index (χ4v) is 3.49. The maximum absolute atomic E-state index is 13.8. The number of halogens is 1. The third-order valence-corrected chi connectivity index (χ3v) is 5.17. The predicted molar refractivity (Wildman–Crippen MR) is 95.9 cm³/mol. The van der Waals surface area contributed by atoms with Crippen LogP contribution in [-0.2, 0) is 0 Å². The molecule has 3 fully saturated rings. The van der Waals surface area contributed by atoms with Crippen LogP contribution in [-0.4, -0.2) is 68.1 Å². The topological polar surface area (TPSA) is 42.9 Å². The molecule has 2 N–H and O–H groups in total. The van der Waals surface area contributed by atoms with Gasteiger partial charge < -0.3 is 10.6 Å². The third kappa shape index (κ3) is 3.87. The van der Waals surface area contributed by atoms with Gasteiger partial charge in [-0.3, -0.25) is 14.8 Å². The van der Waals surface area contributed by atoms with Crippen molar-refractivity contribution < 1.29 is 4.39 Å². The summed E-state index contributed by atoms with van der Waals surface area (Å²) in [5.74, 6) is 0.602. The second kappa shape index (κ2) is 7.49. The molecule has 0 aromatic heterocycles. The van der Waals surface area contributed by atoms with Gasteiger partial charge in [0.2, 0.25) is 0 Å². The molecule has 132 valence electrons. The minimum Gasteiger partial charge on any atom is -0.355 e. The predicted octanol–water partition coefficient (Wildman–Crippen LogP) is 1.36. The van der Waals surface area contributed by atoms with E-state index in [0.29, 0.717) is 11.6 Å². The lowest BCUT2D eigenvalue weighted by molar-refractivity contribution is 0.0154. The minimum absolute atomic E-state index is 0.00170. The molecule has 6 heteroatoms. The first kappa shape index (κ1) is 17.2. The maximum Gasteiger partial charge on any atom is 0.191 e. The van der Waals surface area contributed by atoms with Crippen molar-refractivity contribution in [2.24, 2.45) is 4.99 Å². The molecule has 3 aliphatic rings. The van der Waals surface area contributed by atoms with Gasteiger partial charge in [-0.1, -0.05) is 12.1 Å². The van der Waals surface area contributed by atoms with E-state index in [9.17, 15) is 4.39 Å². The van der Waals surface area contributed by atoms with Crippen LogP contribution in [0.3, 0.4) is 0 Å². The molecule has 0 amide bonds. The molecule has 1 aromatic rings. The normalized spacial score (nSPS) is 27.8. The van der Waals surface area contributed by atoms with Gasteiger partial charge in [0.25, 0.3) is 0 Å². The molecule has 0 saturated carbocycles. The van der Waals surface area contributed by atoms with E-state index >= 15 is 0 Å². The highest BCUT2D eigenvalue weighted by Crippen LogP contribution is 2.17. The van der Waals surface area contributed by atoms with Crippen LogP contribution in [0.1, 0.15) is 24.1 Å². The zero-order valence-electron chi connectivity index (χ0n) is 14.8. The van der Waals surface area contributed by atoms with Crippen LogP contribution in [0, 0.1) is 12.7 Å². The zero-order chi connectivity index (χ0) is 17.1. The third-order valence-electron chi connectivity index (χ3n) is 5.17. The number of guanidine groups is 1. The Morgan fingerprint density at radius 3 is 2.67 bits per heavy atom. The second-order valence-electron chi connectivity index (χ2n) is 6.82. The quantitative estimate of drug-likeness (QED) is 0.645. The number of fused-ring (bicyclic) bond motifs is 3. The molecular weight excluding hydrogens is 305 g/mol. The summed E-state index contributed by atoms with van der Waals surface area (Å²) in [6.45, 7) is 10.5. The number of rotatable bonds is 4. The molecule has 0 spiro atoms. The van der Waals surface area contributed by atoms with E-state index in [2.05, 4.69) is 25.4 Å². The van der Waals surface area contributed by atoms with Gasteiger partial charge in [0, 0.05) is 52.4 Å². The van der Waals surface area contributed by atoms with E-state index in [4.69, 9.17) is 0 Å². The highest BCUT2D eigenvalue weighted by atomic mass is 19.1. The van der Waals surface area contributed by atoms with E-state index in [1.54, 1.807) is 20.0 Å². The Bertz CT molecular complexity index is 595. The smallest absolute Gasteiger partial charge is 0.191 e. The SMILES string of the molecule is CN=C(NCC1CN2CCN1CC2)NC(C)c1ccc(C)c(F)c1. The van der Waals surface area contributed by atoms with Crippen molar-refractivity contribution >= 4 is 5.96 Å². The molecule has 3 heterocycles. The van der Waals surface area contributed by atoms with Gasteiger partial charge in [0.05, 0.1) is 6.04 Å². The first-order valence-corrected chi connectivity index (χ1v) is 8.76. The van der Waals surface area contributed by atoms with Gasteiger partial charge in [-0.15, -0.1) is 0 Å². The first-order valence-electron chi connectivity index (χ1n) is 8.76. The summed E-state index contributed by atoms with van der Waals surface area (Å²) in [5, 5.41) is 6.78. The van der Waals surface area contributed by atoms with Crippen LogP contribution < -0.4 is 10.6 Å². The average molecular weight is 333 g/mol. The summed E-state index contributed by atoms with van der Waals surface area (Å²) in [6, 6.07) is 5.91. The Kier molecular flexibility index (Phi) is 5.36. The average Bonchev–Trinajstić information content (AvgIpc) is 2.61. The lowest BCUT2D eigenvalue weighted by Crippen LogP contribution is -2.63. The minimum atomic E-state index is -0.163. The number of aryl methyl sites for hydroxylation is 1. The lowest BCUT2D eigenvalue weighted by Gasteiger charge is -2.47. The van der Waals surface area contributed by atoms with Crippen LogP contribution in [0.25, 0.3) is 0 Å². The molecule has 0 radical (unpaired) electrons. The number of hydrogen-bond donors (Lipinski definition) is 2. The number of hydrogen-bond acceptors (Lipinski definition) is 3. The largest absolute Gasteiger partial charge is 0.355 e. The van der Waals surface area contributed by atoms with Gasteiger partial charge in [0.1, 0.15) is 5.82 Å². The highest BCUT2D eigenvalue weighted by Gasteiger charge is 2.31. The fourth-order valence-electron chi connectivity index (χ4n) is 3.49. The van der Waals surface area contributed by atoms with Crippen molar-refractivity contribution in [2.75, 3.05) is 46.3 Å². The van der Waals surface area contributed by atoms with Crippen molar-refractivity contribution in [1.29, 1.82) is 0 Å². The Balaban J connectivity index is 1.53. The lowest BCUT2D eigenvalue weighted by atomic mass is 10.1. The monoisotopic (exact) mass is 333 g/mol. The molecule has 4 rings (SSSR count). The van der Waals surface area contributed by atoms with Crippen LogP contribution in [0.5, 0.6) is 0 Å². The molecule has 24 heavy (non-hydrogen) atoms. The van der Waals surface area contributed by atoms with Gasteiger partial charge >= 0.3 is 0 Å². The van der Waals surface area contributed by atoms with Crippen LogP contribution >= 0.6 is 0 Å². The number of aliphatic imine (C=N–C) groups is 1. The molecule has 2 atom stereocenters. The van der Waals surface area contributed by atoms with Crippen molar-refractivity contribution in [3.05, 3.63) is 35.1 Å². The van der Waals surface area contributed by atoms with E-state index < -0.39 is 0 Å². The van der Waals surface area contributed by atoms with Crippen LogP contribution in [0.4, 0.5) is 4.39 Å². The van der Waals surface area contributed by atoms with Crippen molar-refractivity contribution in [3.63, 3.8) is 0 Å². The molecule has 0 aliphatic carbocycles. The molecule has 1 aromatic carbocycles. The van der Waals surface area contributed by atoms with E-state index in [1.807, 2.05) is 19.1 Å². The van der Waals surface area contributed by atoms with E-state index in [-0.39, 0.29) is 11.9 Å². The molecule has 2 bridgehead atoms. The Labute approximate surface area is 143 Å². The molecule has 3 aliphatic heterocycles. The van der Waals surface area contributed by atoms with E-state index in [1.165, 1.54) is 13.1 Å². The van der Waals surface area contributed by atoms with Crippen LogP contribution in [0.2, 0.25) is 0 Å². The molecule has 5 nitrogen and oxygen atoms in total. The summed E-state index contributed by atoms with van der Waals surface area (Å²) in [5.41, 5.74) is 1.59. The Hall–Kier alpha value is -1.66. The van der Waals surface area contributed by atoms with Crippen molar-refractivity contribution in [1.82, 2.24) is 20.4 Å². The van der Waals surface area contributed by atoms with Gasteiger partial charge in [-0.25, -0.2) is 4.39 Å². The fraction of sp³-hybridized carbons (Fsp3) is 0.611. The molecule has 2 unspecified atom stereocenters. The Morgan fingerprint density at radius 2 is 2.08 bits per heavy atom. The van der Waals surface area contributed by atoms with E-state index in [0.717, 1.165) is 37.7 Å². The summed E-state index contributed by atoms with van der Waals surface area (Å²) in [7, 11) is 1.77. The summed E-state index contributed by atoms with van der Waals surface area (Å²) < 4.78 is 13.8. The standard InChI is InChI=1S/C18H28FN5/c1-13-4-5-15(10-17(13)19)14(2)22-18(20-3)21-11-16-12-23-6-8-24(16)9-7-23/h4-5,10,14,16H,6-9,11-12H2,1-3H3,(H2,20,21,22). The highest BCUT2D eigenvalue weighted by molar-refractivity contribution is 5.80. The maximum atomic E-state index is 13.8. The number of nitrogens with zero attached hydrogens (tertiary/aromatic N) is 3. The van der Waals surface area contributed by atoms with Gasteiger partial charge in [-0.05, 0) is 31.0 Å². The first-order chi connectivity index (χ1) is 11.6. The Morgan fingerprint density at radius 1 is 1.33 bits per heavy atom. The number of piperazine rings is 3. The second-order valence-corrected chi connectivity index (χ2v) is 6.82. The molecular formula is C18H28FN5. The summed E-state index contributed by atoms with van der Waals surface area (Å²) in [6.07, 6.45) is 0. The van der Waals surface area contributed by atoms with Crippen molar-refractivity contribution in [3.8, 4) is 0 Å². The zero-order valence-corrected chi connectivity index (χ0v) is 14.8. The van der Waals surface area contributed by atoms with Gasteiger partial charge in [-0.2, -0.15) is 0 Å². The summed E-state index contributed by atoms with van der Waals surface area (Å²) >= 11 is 0. The molecule has 3 saturated heterocycles. The van der Waals surface area contributed by atoms with Crippen LogP contribution in [0.15, 0.2) is 23.2 Å². The van der Waals surface area contributed by atoms with Crippen molar-refractivity contribution in [2.45, 2.75) is 25.9 Å². The number of nitrogens with one attached hydrogen (secondary N) is 2.